The molecule has 208 valence electrons. The van der Waals surface area contributed by atoms with Gasteiger partial charge in [-0.3, -0.25) is 4.79 Å². The Labute approximate surface area is 229 Å². The van der Waals surface area contributed by atoms with E-state index < -0.39 is 32.0 Å². The SMILES string of the molecule is COc1ccc(CCNC(=O)[C@H]2CN(S(=O)(=O)c3ccccc3)CCN2S(=O)(=O)c2ccccc2)cc1OC. The summed E-state index contributed by atoms with van der Waals surface area (Å²) >= 11 is 0. The Morgan fingerprint density at radius 3 is 2.00 bits per heavy atom. The lowest BCUT2D eigenvalue weighted by atomic mass is 10.1. The van der Waals surface area contributed by atoms with Gasteiger partial charge in [0, 0.05) is 26.2 Å². The van der Waals surface area contributed by atoms with Gasteiger partial charge >= 0.3 is 0 Å². The van der Waals surface area contributed by atoms with Crippen LogP contribution in [-0.2, 0) is 31.3 Å². The van der Waals surface area contributed by atoms with E-state index >= 15 is 0 Å². The summed E-state index contributed by atoms with van der Waals surface area (Å²) in [5.41, 5.74) is 0.874. The third kappa shape index (κ3) is 6.25. The summed E-state index contributed by atoms with van der Waals surface area (Å²) < 4.78 is 66.4. The van der Waals surface area contributed by atoms with Crippen LogP contribution in [0.5, 0.6) is 11.5 Å². The van der Waals surface area contributed by atoms with Gasteiger partial charge in [0.2, 0.25) is 26.0 Å². The van der Waals surface area contributed by atoms with Crippen LogP contribution in [0.15, 0.2) is 88.7 Å². The zero-order valence-corrected chi connectivity index (χ0v) is 23.3. The molecule has 0 aromatic heterocycles. The summed E-state index contributed by atoms with van der Waals surface area (Å²) in [7, 11) is -4.93. The molecule has 0 bridgehead atoms. The molecule has 1 aliphatic rings. The molecule has 3 aromatic rings. The molecule has 1 atom stereocenters. The largest absolute Gasteiger partial charge is 0.493 e. The first-order valence-electron chi connectivity index (χ1n) is 12.3. The lowest BCUT2D eigenvalue weighted by molar-refractivity contribution is -0.125. The van der Waals surface area contributed by atoms with E-state index in [1.807, 2.05) is 6.07 Å². The molecule has 1 amide bonds. The molecular formula is C27H31N3O7S2. The van der Waals surface area contributed by atoms with Gasteiger partial charge in [-0.05, 0) is 48.4 Å². The predicted molar refractivity (Wildman–Crippen MR) is 146 cm³/mol. The van der Waals surface area contributed by atoms with Crippen LogP contribution in [0.1, 0.15) is 5.56 Å². The summed E-state index contributed by atoms with van der Waals surface area (Å²) in [6, 6.07) is 19.8. The minimum Gasteiger partial charge on any atom is -0.493 e. The number of hydrogen-bond acceptors (Lipinski definition) is 7. The first-order valence-corrected chi connectivity index (χ1v) is 15.2. The average molecular weight is 574 g/mol. The molecule has 1 aliphatic heterocycles. The highest BCUT2D eigenvalue weighted by atomic mass is 32.2. The quantitative estimate of drug-likeness (QED) is 0.394. The van der Waals surface area contributed by atoms with E-state index in [2.05, 4.69) is 5.32 Å². The number of amides is 1. The van der Waals surface area contributed by atoms with E-state index in [1.165, 1.54) is 31.4 Å². The first-order chi connectivity index (χ1) is 18.7. The highest BCUT2D eigenvalue weighted by Crippen LogP contribution is 2.28. The molecule has 12 heteroatoms. The summed E-state index contributed by atoms with van der Waals surface area (Å²) in [5, 5.41) is 2.79. The Kier molecular flexibility index (Phi) is 8.90. The van der Waals surface area contributed by atoms with Crippen LogP contribution in [0.2, 0.25) is 0 Å². The summed E-state index contributed by atoms with van der Waals surface area (Å²) in [4.78, 5) is 13.5. The Morgan fingerprint density at radius 1 is 0.821 bits per heavy atom. The second-order valence-corrected chi connectivity index (χ2v) is 12.7. The van der Waals surface area contributed by atoms with Crippen molar-refractivity contribution in [2.75, 3.05) is 40.4 Å². The number of sulfonamides is 2. The van der Waals surface area contributed by atoms with Crippen LogP contribution in [-0.4, -0.2) is 77.8 Å². The van der Waals surface area contributed by atoms with Crippen molar-refractivity contribution in [3.8, 4) is 11.5 Å². The van der Waals surface area contributed by atoms with Gasteiger partial charge < -0.3 is 14.8 Å². The van der Waals surface area contributed by atoms with Crippen LogP contribution in [0.25, 0.3) is 0 Å². The number of nitrogens with one attached hydrogen (secondary N) is 1. The first kappa shape index (κ1) is 28.6. The van der Waals surface area contributed by atoms with Crippen LogP contribution in [0, 0.1) is 0 Å². The lowest BCUT2D eigenvalue weighted by Gasteiger charge is -2.39. The lowest BCUT2D eigenvalue weighted by Crippen LogP contribution is -2.61. The van der Waals surface area contributed by atoms with Gasteiger partial charge in [0.05, 0.1) is 24.0 Å². The number of carbonyl (C=O) groups excluding carboxylic acids is 1. The second kappa shape index (κ2) is 12.2. The molecule has 0 radical (unpaired) electrons. The fraction of sp³-hybridized carbons (Fsp3) is 0.296. The van der Waals surface area contributed by atoms with E-state index in [0.29, 0.717) is 17.9 Å². The summed E-state index contributed by atoms with van der Waals surface area (Å²) in [6.07, 6.45) is 0.441. The van der Waals surface area contributed by atoms with Crippen LogP contribution in [0.3, 0.4) is 0 Å². The van der Waals surface area contributed by atoms with Gasteiger partial charge in [-0.15, -0.1) is 0 Å². The van der Waals surface area contributed by atoms with E-state index in [9.17, 15) is 21.6 Å². The fourth-order valence-corrected chi connectivity index (χ4v) is 7.46. The number of carbonyl (C=O) groups is 1. The van der Waals surface area contributed by atoms with E-state index in [-0.39, 0.29) is 36.0 Å². The fourth-order valence-electron chi connectivity index (χ4n) is 4.41. The molecule has 1 N–H and O–H groups in total. The molecule has 10 nitrogen and oxygen atoms in total. The van der Waals surface area contributed by atoms with Crippen molar-refractivity contribution in [1.29, 1.82) is 0 Å². The Balaban J connectivity index is 1.56. The highest BCUT2D eigenvalue weighted by molar-refractivity contribution is 7.89. The molecule has 0 aliphatic carbocycles. The van der Waals surface area contributed by atoms with Crippen molar-refractivity contribution >= 4 is 26.0 Å². The van der Waals surface area contributed by atoms with Crippen molar-refractivity contribution in [3.05, 3.63) is 84.4 Å². The topological polar surface area (TPSA) is 122 Å². The van der Waals surface area contributed by atoms with Crippen molar-refractivity contribution in [1.82, 2.24) is 13.9 Å². The molecule has 3 aromatic carbocycles. The number of piperazine rings is 1. The molecule has 1 heterocycles. The zero-order valence-electron chi connectivity index (χ0n) is 21.7. The third-order valence-electron chi connectivity index (χ3n) is 6.49. The minimum atomic E-state index is -4.06. The Morgan fingerprint density at radius 2 is 1.41 bits per heavy atom. The van der Waals surface area contributed by atoms with Crippen molar-refractivity contribution in [3.63, 3.8) is 0 Å². The maximum absolute atomic E-state index is 13.5. The van der Waals surface area contributed by atoms with Gasteiger partial charge in [-0.25, -0.2) is 16.8 Å². The predicted octanol–water partition coefficient (Wildman–Crippen LogP) is 2.13. The number of ether oxygens (including phenoxy) is 2. The highest BCUT2D eigenvalue weighted by Gasteiger charge is 2.43. The van der Waals surface area contributed by atoms with Crippen molar-refractivity contribution in [2.45, 2.75) is 22.3 Å². The standard InChI is InChI=1S/C27H31N3O7S2/c1-36-25-14-13-21(19-26(25)37-2)15-16-28-27(31)24-20-29(38(32,33)22-9-5-3-6-10-22)17-18-30(24)39(34,35)23-11-7-4-8-12-23/h3-14,19,24H,15-18,20H2,1-2H3,(H,28,31)/t24-/m1/s1. The van der Waals surface area contributed by atoms with Gasteiger partial charge in [0.25, 0.3) is 0 Å². The molecule has 1 saturated heterocycles. The number of rotatable bonds is 10. The van der Waals surface area contributed by atoms with E-state index in [0.717, 1.165) is 14.2 Å². The van der Waals surface area contributed by atoms with E-state index in [1.54, 1.807) is 55.6 Å². The van der Waals surface area contributed by atoms with E-state index in [4.69, 9.17) is 9.47 Å². The maximum Gasteiger partial charge on any atom is 0.243 e. The minimum absolute atomic E-state index is 0.0347. The number of nitrogens with zero attached hydrogens (tertiary/aromatic N) is 2. The van der Waals surface area contributed by atoms with Gasteiger partial charge in [-0.2, -0.15) is 8.61 Å². The molecule has 0 saturated carbocycles. The number of benzene rings is 3. The van der Waals surface area contributed by atoms with Crippen LogP contribution < -0.4 is 14.8 Å². The molecular weight excluding hydrogens is 542 g/mol. The summed E-state index contributed by atoms with van der Waals surface area (Å²) in [6.45, 7) is -0.364. The van der Waals surface area contributed by atoms with Gasteiger partial charge in [0.1, 0.15) is 6.04 Å². The number of methoxy groups -OCH3 is 2. The van der Waals surface area contributed by atoms with Gasteiger partial charge in [0.15, 0.2) is 11.5 Å². The van der Waals surface area contributed by atoms with Crippen LogP contribution >= 0.6 is 0 Å². The Hall–Kier alpha value is -3.45. The molecule has 4 rings (SSSR count). The third-order valence-corrected chi connectivity index (χ3v) is 10.3. The monoisotopic (exact) mass is 573 g/mol. The number of hydrogen-bond donors (Lipinski definition) is 1. The molecule has 39 heavy (non-hydrogen) atoms. The second-order valence-electron chi connectivity index (χ2n) is 8.85. The Bertz CT molecular complexity index is 1500. The van der Waals surface area contributed by atoms with Crippen molar-refractivity contribution in [2.24, 2.45) is 0 Å². The molecule has 1 fully saturated rings. The smallest absolute Gasteiger partial charge is 0.243 e. The molecule has 0 spiro atoms. The van der Waals surface area contributed by atoms with Gasteiger partial charge in [-0.1, -0.05) is 42.5 Å². The van der Waals surface area contributed by atoms with Crippen molar-refractivity contribution < 1.29 is 31.1 Å². The maximum atomic E-state index is 13.5. The van der Waals surface area contributed by atoms with Crippen LogP contribution in [0.4, 0.5) is 0 Å². The normalized spacial score (nSPS) is 16.9. The molecule has 0 unspecified atom stereocenters. The average Bonchev–Trinajstić information content (AvgIpc) is 2.97. The summed E-state index contributed by atoms with van der Waals surface area (Å²) in [5.74, 6) is 0.549. The zero-order chi connectivity index (χ0) is 28.0.